The molecule has 4 nitrogen and oxygen atoms in total. The molecule has 3 rings (SSSR count). The molecule has 0 aliphatic heterocycles. The fourth-order valence-corrected chi connectivity index (χ4v) is 2.01. The van der Waals surface area contributed by atoms with Gasteiger partial charge in [0, 0.05) is 0 Å². The first kappa shape index (κ1) is 12.4. The molecule has 4 heteroatoms. The minimum Gasteiger partial charge on any atom is -0.439 e. The summed E-state index contributed by atoms with van der Waals surface area (Å²) < 4.78 is 5.54. The number of hydrogen-bond acceptors (Lipinski definition) is 3. The first-order valence-corrected chi connectivity index (χ1v) is 6.46. The Morgan fingerprint density at radius 3 is 2.60 bits per heavy atom. The molecule has 1 N–H and O–H groups in total. The number of oxazole rings is 1. The van der Waals surface area contributed by atoms with Crippen LogP contribution in [0.3, 0.4) is 0 Å². The number of amides is 1. The fourth-order valence-electron chi connectivity index (χ4n) is 2.01. The highest BCUT2D eigenvalue weighted by atomic mass is 16.3. The summed E-state index contributed by atoms with van der Waals surface area (Å²) in [6.07, 6.45) is 0.362. The van der Waals surface area contributed by atoms with Crippen LogP contribution < -0.4 is 5.32 Å². The Hall–Kier alpha value is -2.62. The molecule has 0 saturated heterocycles. The van der Waals surface area contributed by atoms with Gasteiger partial charge in [-0.1, -0.05) is 42.5 Å². The Kier molecular flexibility index (Phi) is 3.46. The normalized spacial score (nSPS) is 10.6. The summed E-state index contributed by atoms with van der Waals surface area (Å²) in [6, 6.07) is 17.2. The van der Waals surface area contributed by atoms with E-state index in [1.807, 2.05) is 54.6 Å². The zero-order valence-electron chi connectivity index (χ0n) is 10.9. The zero-order valence-corrected chi connectivity index (χ0v) is 10.9. The van der Waals surface area contributed by atoms with Gasteiger partial charge in [-0.3, -0.25) is 4.79 Å². The van der Waals surface area contributed by atoms with Crippen LogP contribution in [0.1, 0.15) is 11.5 Å². The molecule has 1 aromatic heterocycles. The second-order valence-electron chi connectivity index (χ2n) is 4.51. The fraction of sp³-hybridized carbons (Fsp3) is 0.125. The summed E-state index contributed by atoms with van der Waals surface area (Å²) in [6.45, 7) is 0.306. The standard InChI is InChI=1S/C16H14N2O2/c19-15(10-12-6-2-1-3-7-12)17-11-16-18-13-8-4-5-9-14(13)20-16/h1-9H,10-11H2,(H,17,19). The van der Waals surface area contributed by atoms with Crippen LogP contribution in [0.4, 0.5) is 0 Å². The summed E-state index contributed by atoms with van der Waals surface area (Å²) in [7, 11) is 0. The third-order valence-corrected chi connectivity index (χ3v) is 2.98. The van der Waals surface area contributed by atoms with Gasteiger partial charge in [-0.25, -0.2) is 4.98 Å². The molecule has 0 aliphatic carbocycles. The molecular weight excluding hydrogens is 252 g/mol. The van der Waals surface area contributed by atoms with Gasteiger partial charge in [0.2, 0.25) is 11.8 Å². The van der Waals surface area contributed by atoms with E-state index in [2.05, 4.69) is 10.3 Å². The van der Waals surface area contributed by atoms with Gasteiger partial charge in [-0.05, 0) is 17.7 Å². The molecule has 0 atom stereocenters. The highest BCUT2D eigenvalue weighted by Crippen LogP contribution is 2.14. The maximum absolute atomic E-state index is 11.8. The molecule has 0 bridgehead atoms. The van der Waals surface area contributed by atoms with E-state index in [0.29, 0.717) is 18.9 Å². The largest absolute Gasteiger partial charge is 0.439 e. The number of fused-ring (bicyclic) bond motifs is 1. The average Bonchev–Trinajstić information content (AvgIpc) is 2.89. The minimum atomic E-state index is -0.0431. The third kappa shape index (κ3) is 2.85. The number of rotatable bonds is 4. The van der Waals surface area contributed by atoms with E-state index in [0.717, 1.165) is 16.7 Å². The maximum Gasteiger partial charge on any atom is 0.224 e. The van der Waals surface area contributed by atoms with Crippen LogP contribution in [-0.4, -0.2) is 10.9 Å². The molecule has 0 aliphatic rings. The molecule has 100 valence electrons. The van der Waals surface area contributed by atoms with Crippen molar-refractivity contribution in [2.75, 3.05) is 0 Å². The van der Waals surface area contributed by atoms with Crippen LogP contribution in [0.5, 0.6) is 0 Å². The lowest BCUT2D eigenvalue weighted by Crippen LogP contribution is -2.24. The molecule has 2 aromatic carbocycles. The van der Waals surface area contributed by atoms with E-state index in [1.54, 1.807) is 0 Å². The molecule has 3 aromatic rings. The number of carbonyl (C=O) groups is 1. The van der Waals surface area contributed by atoms with Crippen LogP contribution in [-0.2, 0) is 17.8 Å². The van der Waals surface area contributed by atoms with Gasteiger partial charge in [0.1, 0.15) is 5.52 Å². The second kappa shape index (κ2) is 5.57. The third-order valence-electron chi connectivity index (χ3n) is 2.98. The predicted octanol–water partition coefficient (Wildman–Crippen LogP) is 2.69. The number of nitrogens with zero attached hydrogens (tertiary/aromatic N) is 1. The molecule has 0 spiro atoms. The minimum absolute atomic E-state index is 0.0431. The lowest BCUT2D eigenvalue weighted by atomic mass is 10.1. The quantitative estimate of drug-likeness (QED) is 0.790. The van der Waals surface area contributed by atoms with Crippen molar-refractivity contribution in [3.8, 4) is 0 Å². The Balaban J connectivity index is 1.60. The lowest BCUT2D eigenvalue weighted by molar-refractivity contribution is -0.120. The lowest BCUT2D eigenvalue weighted by Gasteiger charge is -2.02. The van der Waals surface area contributed by atoms with Crippen LogP contribution >= 0.6 is 0 Å². The van der Waals surface area contributed by atoms with Gasteiger partial charge in [-0.2, -0.15) is 0 Å². The van der Waals surface area contributed by atoms with E-state index in [1.165, 1.54) is 0 Å². The Bertz CT molecular complexity index is 686. The SMILES string of the molecule is O=C(Cc1ccccc1)NCc1nc2ccccc2o1. The Morgan fingerprint density at radius 2 is 1.80 bits per heavy atom. The van der Waals surface area contributed by atoms with Gasteiger partial charge in [0.05, 0.1) is 13.0 Å². The number of nitrogens with one attached hydrogen (secondary N) is 1. The van der Waals surface area contributed by atoms with Crippen molar-refractivity contribution in [3.05, 3.63) is 66.1 Å². The molecule has 0 unspecified atom stereocenters. The first-order chi connectivity index (χ1) is 9.81. The molecule has 0 radical (unpaired) electrons. The number of aromatic nitrogens is 1. The molecular formula is C16H14N2O2. The van der Waals surface area contributed by atoms with Crippen molar-refractivity contribution in [2.24, 2.45) is 0 Å². The monoisotopic (exact) mass is 266 g/mol. The zero-order chi connectivity index (χ0) is 13.8. The van der Waals surface area contributed by atoms with E-state index < -0.39 is 0 Å². The van der Waals surface area contributed by atoms with E-state index >= 15 is 0 Å². The molecule has 0 fully saturated rings. The molecule has 1 amide bonds. The smallest absolute Gasteiger partial charge is 0.224 e. The van der Waals surface area contributed by atoms with E-state index in [-0.39, 0.29) is 5.91 Å². The van der Waals surface area contributed by atoms with Gasteiger partial charge < -0.3 is 9.73 Å². The van der Waals surface area contributed by atoms with E-state index in [4.69, 9.17) is 4.42 Å². The van der Waals surface area contributed by atoms with Crippen molar-refractivity contribution >= 4 is 17.0 Å². The Morgan fingerprint density at radius 1 is 1.05 bits per heavy atom. The van der Waals surface area contributed by atoms with Crippen LogP contribution in [0.2, 0.25) is 0 Å². The van der Waals surface area contributed by atoms with Crippen molar-refractivity contribution in [1.82, 2.24) is 10.3 Å². The highest BCUT2D eigenvalue weighted by molar-refractivity contribution is 5.78. The van der Waals surface area contributed by atoms with Gasteiger partial charge >= 0.3 is 0 Å². The summed E-state index contributed by atoms with van der Waals surface area (Å²) in [4.78, 5) is 16.1. The predicted molar refractivity (Wildman–Crippen MR) is 76.0 cm³/mol. The topological polar surface area (TPSA) is 55.1 Å². The number of benzene rings is 2. The van der Waals surface area contributed by atoms with Crippen molar-refractivity contribution in [1.29, 1.82) is 0 Å². The number of carbonyl (C=O) groups excluding carboxylic acids is 1. The van der Waals surface area contributed by atoms with Crippen molar-refractivity contribution in [3.63, 3.8) is 0 Å². The van der Waals surface area contributed by atoms with Gasteiger partial charge in [0.15, 0.2) is 5.58 Å². The molecule has 20 heavy (non-hydrogen) atoms. The number of hydrogen-bond donors (Lipinski definition) is 1. The number of para-hydroxylation sites is 2. The van der Waals surface area contributed by atoms with Crippen molar-refractivity contribution < 1.29 is 9.21 Å². The summed E-state index contributed by atoms with van der Waals surface area (Å²) in [5.41, 5.74) is 2.53. The Labute approximate surface area is 116 Å². The first-order valence-electron chi connectivity index (χ1n) is 6.46. The van der Waals surface area contributed by atoms with Crippen molar-refractivity contribution in [2.45, 2.75) is 13.0 Å². The van der Waals surface area contributed by atoms with Crippen LogP contribution in [0.15, 0.2) is 59.0 Å². The second-order valence-corrected chi connectivity index (χ2v) is 4.51. The molecule has 0 saturated carbocycles. The molecule has 1 heterocycles. The summed E-state index contributed by atoms with van der Waals surface area (Å²) in [5, 5.41) is 2.81. The highest BCUT2D eigenvalue weighted by Gasteiger charge is 2.07. The van der Waals surface area contributed by atoms with Crippen LogP contribution in [0, 0.1) is 0 Å². The van der Waals surface area contributed by atoms with E-state index in [9.17, 15) is 4.79 Å². The van der Waals surface area contributed by atoms with Crippen LogP contribution in [0.25, 0.3) is 11.1 Å². The maximum atomic E-state index is 11.8. The van der Waals surface area contributed by atoms with Gasteiger partial charge in [-0.15, -0.1) is 0 Å². The average molecular weight is 266 g/mol. The summed E-state index contributed by atoms with van der Waals surface area (Å²) >= 11 is 0. The van der Waals surface area contributed by atoms with Gasteiger partial charge in [0.25, 0.3) is 0 Å². The summed E-state index contributed by atoms with van der Waals surface area (Å²) in [5.74, 6) is 0.478.